The summed E-state index contributed by atoms with van der Waals surface area (Å²) < 4.78 is 23.3. The van der Waals surface area contributed by atoms with E-state index in [4.69, 9.17) is 20.5 Å². The van der Waals surface area contributed by atoms with Crippen LogP contribution in [0.5, 0.6) is 5.75 Å². The van der Waals surface area contributed by atoms with Gasteiger partial charge in [-0.2, -0.15) is 5.26 Å². The molecule has 0 spiro atoms. The van der Waals surface area contributed by atoms with Gasteiger partial charge in [0.2, 0.25) is 0 Å². The number of nitrogens with two attached hydrogens (primary N) is 1. The van der Waals surface area contributed by atoms with Crippen LogP contribution in [0.2, 0.25) is 0 Å². The van der Waals surface area contributed by atoms with E-state index in [9.17, 15) is 4.39 Å². The number of halogens is 1. The molecule has 0 saturated carbocycles. The van der Waals surface area contributed by atoms with Crippen LogP contribution in [0.25, 0.3) is 0 Å². The van der Waals surface area contributed by atoms with Crippen molar-refractivity contribution < 1.29 is 13.9 Å². The topological polar surface area (TPSA) is 68.3 Å². The highest BCUT2D eigenvalue weighted by atomic mass is 19.1. The largest absolute Gasteiger partial charge is 0.487 e. The highest BCUT2D eigenvalue weighted by Gasteiger charge is 2.12. The van der Waals surface area contributed by atoms with Crippen LogP contribution < -0.4 is 10.5 Å². The Kier molecular flexibility index (Phi) is 3.89. The van der Waals surface area contributed by atoms with Crippen LogP contribution in [0.4, 0.5) is 10.1 Å². The predicted molar refractivity (Wildman–Crippen MR) is 52.9 cm³/mol. The van der Waals surface area contributed by atoms with Gasteiger partial charge in [0.15, 0.2) is 11.6 Å². The number of ether oxygens (including phenoxy) is 2. The van der Waals surface area contributed by atoms with Gasteiger partial charge in [0.05, 0.1) is 17.9 Å². The number of anilines is 1. The Balaban J connectivity index is 2.93. The van der Waals surface area contributed by atoms with Gasteiger partial charge in [-0.3, -0.25) is 0 Å². The molecule has 15 heavy (non-hydrogen) atoms. The summed E-state index contributed by atoms with van der Waals surface area (Å²) >= 11 is 0. The van der Waals surface area contributed by atoms with Gasteiger partial charge in [-0.05, 0) is 12.1 Å². The molecule has 0 aliphatic heterocycles. The second-order valence-corrected chi connectivity index (χ2v) is 2.80. The second-order valence-electron chi connectivity index (χ2n) is 2.80. The normalized spacial score (nSPS) is 9.67. The van der Waals surface area contributed by atoms with Crippen molar-refractivity contribution in [3.63, 3.8) is 0 Å². The predicted octanol–water partition coefficient (Wildman–Crippen LogP) is 1.30. The van der Waals surface area contributed by atoms with E-state index in [1.54, 1.807) is 0 Å². The van der Waals surface area contributed by atoms with Crippen LogP contribution in [0.15, 0.2) is 12.1 Å². The van der Waals surface area contributed by atoms with Crippen molar-refractivity contribution in [2.75, 3.05) is 26.1 Å². The molecule has 2 N–H and O–H groups in total. The standard InChI is InChI=1S/C10H11FN2O2/c1-14-4-5-15-10-7(6-12)2-3-8(13)9(10)11/h2-3H,4-5,13H2,1H3. The lowest BCUT2D eigenvalue weighted by Crippen LogP contribution is -2.07. The summed E-state index contributed by atoms with van der Waals surface area (Å²) in [6, 6.07) is 4.58. The molecule has 5 heteroatoms. The van der Waals surface area contributed by atoms with E-state index in [1.165, 1.54) is 19.2 Å². The molecule has 0 fully saturated rings. The fourth-order valence-electron chi connectivity index (χ4n) is 1.03. The van der Waals surface area contributed by atoms with E-state index >= 15 is 0 Å². The molecule has 0 amide bonds. The number of nitrogen functional groups attached to an aromatic ring is 1. The van der Waals surface area contributed by atoms with Crippen molar-refractivity contribution in [3.05, 3.63) is 23.5 Å². The number of benzene rings is 1. The lowest BCUT2D eigenvalue weighted by molar-refractivity contribution is 0.143. The van der Waals surface area contributed by atoms with Crippen LogP contribution in [0.3, 0.4) is 0 Å². The minimum Gasteiger partial charge on any atom is -0.487 e. The molecule has 4 nitrogen and oxygen atoms in total. The van der Waals surface area contributed by atoms with Gasteiger partial charge in [-0.1, -0.05) is 0 Å². The van der Waals surface area contributed by atoms with Gasteiger partial charge in [0, 0.05) is 7.11 Å². The summed E-state index contributed by atoms with van der Waals surface area (Å²) in [5.41, 5.74) is 5.44. The molecule has 1 aromatic rings. The third-order valence-electron chi connectivity index (χ3n) is 1.78. The average Bonchev–Trinajstić information content (AvgIpc) is 2.25. The summed E-state index contributed by atoms with van der Waals surface area (Å²) in [6.45, 7) is 0.491. The van der Waals surface area contributed by atoms with Crippen LogP contribution in [-0.2, 0) is 4.74 Å². The fourth-order valence-corrected chi connectivity index (χ4v) is 1.03. The quantitative estimate of drug-likeness (QED) is 0.600. The van der Waals surface area contributed by atoms with E-state index < -0.39 is 5.82 Å². The van der Waals surface area contributed by atoms with Crippen molar-refractivity contribution in [3.8, 4) is 11.8 Å². The van der Waals surface area contributed by atoms with Crippen molar-refractivity contribution >= 4 is 5.69 Å². The molecule has 1 aromatic carbocycles. The molecular formula is C10H11FN2O2. The first kappa shape index (κ1) is 11.3. The lowest BCUT2D eigenvalue weighted by atomic mass is 10.2. The lowest BCUT2D eigenvalue weighted by Gasteiger charge is -2.09. The number of rotatable bonds is 4. The highest BCUT2D eigenvalue weighted by molar-refractivity contribution is 5.54. The molecule has 0 radical (unpaired) electrons. The van der Waals surface area contributed by atoms with E-state index in [0.717, 1.165) is 0 Å². The maximum Gasteiger partial charge on any atom is 0.189 e. The van der Waals surface area contributed by atoms with E-state index in [0.29, 0.717) is 6.61 Å². The van der Waals surface area contributed by atoms with E-state index in [-0.39, 0.29) is 23.6 Å². The SMILES string of the molecule is COCCOc1c(C#N)ccc(N)c1F. The molecule has 0 unspecified atom stereocenters. The van der Waals surface area contributed by atoms with Gasteiger partial charge in [-0.15, -0.1) is 0 Å². The first-order valence-corrected chi connectivity index (χ1v) is 4.30. The summed E-state index contributed by atoms with van der Waals surface area (Å²) in [5.74, 6) is -0.820. The van der Waals surface area contributed by atoms with Crippen molar-refractivity contribution in [1.29, 1.82) is 5.26 Å². The Labute approximate surface area is 87.0 Å². The Hall–Kier alpha value is -1.80. The van der Waals surface area contributed by atoms with Gasteiger partial charge < -0.3 is 15.2 Å². The van der Waals surface area contributed by atoms with Crippen molar-refractivity contribution in [1.82, 2.24) is 0 Å². The number of hydrogen-bond donors (Lipinski definition) is 1. The van der Waals surface area contributed by atoms with Crippen LogP contribution in [0, 0.1) is 17.1 Å². The maximum absolute atomic E-state index is 13.4. The van der Waals surface area contributed by atoms with Gasteiger partial charge in [-0.25, -0.2) is 4.39 Å². The summed E-state index contributed by atoms with van der Waals surface area (Å²) in [5, 5.41) is 8.72. The molecule has 80 valence electrons. The molecular weight excluding hydrogens is 199 g/mol. The summed E-state index contributed by atoms with van der Waals surface area (Å²) in [7, 11) is 1.50. The monoisotopic (exact) mass is 210 g/mol. The Morgan fingerprint density at radius 1 is 1.47 bits per heavy atom. The zero-order valence-corrected chi connectivity index (χ0v) is 8.29. The zero-order chi connectivity index (χ0) is 11.3. The second kappa shape index (κ2) is 5.17. The number of nitrogens with zero attached hydrogens (tertiary/aromatic N) is 1. The smallest absolute Gasteiger partial charge is 0.189 e. The van der Waals surface area contributed by atoms with Crippen molar-refractivity contribution in [2.24, 2.45) is 0 Å². The Bertz CT molecular complexity index is 388. The zero-order valence-electron chi connectivity index (χ0n) is 8.29. The summed E-state index contributed by atoms with van der Waals surface area (Å²) in [6.07, 6.45) is 0. The number of methoxy groups -OCH3 is 1. The maximum atomic E-state index is 13.4. The van der Waals surface area contributed by atoms with Crippen LogP contribution in [-0.4, -0.2) is 20.3 Å². The third-order valence-corrected chi connectivity index (χ3v) is 1.78. The minimum atomic E-state index is -0.704. The van der Waals surface area contributed by atoms with Gasteiger partial charge in [0.1, 0.15) is 12.7 Å². The Morgan fingerprint density at radius 3 is 2.80 bits per heavy atom. The number of nitriles is 1. The van der Waals surface area contributed by atoms with E-state index in [2.05, 4.69) is 0 Å². The molecule has 0 aliphatic carbocycles. The summed E-state index contributed by atoms with van der Waals surface area (Å²) in [4.78, 5) is 0. The molecule has 0 heterocycles. The Morgan fingerprint density at radius 2 is 2.20 bits per heavy atom. The highest BCUT2D eigenvalue weighted by Crippen LogP contribution is 2.26. The van der Waals surface area contributed by atoms with Crippen LogP contribution in [0.1, 0.15) is 5.56 Å². The molecule has 0 bridgehead atoms. The van der Waals surface area contributed by atoms with Crippen LogP contribution >= 0.6 is 0 Å². The minimum absolute atomic E-state index is 0.0404. The van der Waals surface area contributed by atoms with E-state index in [1.807, 2.05) is 6.07 Å². The molecule has 0 aromatic heterocycles. The molecule has 1 rings (SSSR count). The molecule has 0 atom stereocenters. The van der Waals surface area contributed by atoms with Gasteiger partial charge >= 0.3 is 0 Å². The molecule has 0 aliphatic rings. The third kappa shape index (κ3) is 2.58. The number of hydrogen-bond acceptors (Lipinski definition) is 4. The van der Waals surface area contributed by atoms with Crippen molar-refractivity contribution in [2.45, 2.75) is 0 Å². The average molecular weight is 210 g/mol. The molecule has 0 saturated heterocycles. The van der Waals surface area contributed by atoms with Gasteiger partial charge in [0.25, 0.3) is 0 Å². The first-order valence-electron chi connectivity index (χ1n) is 4.30. The first-order chi connectivity index (χ1) is 7.20. The fraction of sp³-hybridized carbons (Fsp3) is 0.300.